The Morgan fingerprint density at radius 3 is 2.61 bits per heavy atom. The van der Waals surface area contributed by atoms with Crippen LogP contribution in [0.5, 0.6) is 0 Å². The van der Waals surface area contributed by atoms with Gasteiger partial charge < -0.3 is 20.6 Å². The van der Waals surface area contributed by atoms with E-state index in [4.69, 9.17) is 0 Å². The summed E-state index contributed by atoms with van der Waals surface area (Å²) >= 11 is 1.07. The number of hydrogen-bond acceptors (Lipinski definition) is 8. The first-order chi connectivity index (χ1) is 17.2. The zero-order chi connectivity index (χ0) is 25.9. The lowest BCUT2D eigenvalue weighted by molar-refractivity contribution is 0.0692. The predicted octanol–water partition coefficient (Wildman–Crippen LogP) is 3.95. The SMILES string of the molecule is CC1CCCN1C(=O)c1nc(C(=O)NCC(C)(C)O)sc1-c1cncc(NC2CCCCC2)c1C#N. The van der Waals surface area contributed by atoms with Crippen molar-refractivity contribution >= 4 is 28.8 Å². The zero-order valence-corrected chi connectivity index (χ0v) is 22.0. The van der Waals surface area contributed by atoms with Crippen molar-refractivity contribution in [3.05, 3.63) is 28.7 Å². The molecule has 0 bridgehead atoms. The van der Waals surface area contributed by atoms with Gasteiger partial charge in [0.1, 0.15) is 11.8 Å². The van der Waals surface area contributed by atoms with Crippen LogP contribution in [0.3, 0.4) is 0 Å². The number of nitriles is 1. The van der Waals surface area contributed by atoms with Gasteiger partial charge in [-0.3, -0.25) is 14.6 Å². The molecule has 2 aromatic rings. The summed E-state index contributed by atoms with van der Waals surface area (Å²) in [6, 6.07) is 2.65. The van der Waals surface area contributed by atoms with Crippen molar-refractivity contribution in [3.8, 4) is 16.5 Å². The minimum absolute atomic E-state index is 0.0407. The molecule has 2 aromatic heterocycles. The fourth-order valence-electron chi connectivity index (χ4n) is 4.82. The second-order valence-corrected chi connectivity index (χ2v) is 11.4. The largest absolute Gasteiger partial charge is 0.389 e. The van der Waals surface area contributed by atoms with Gasteiger partial charge in [-0.2, -0.15) is 5.26 Å². The van der Waals surface area contributed by atoms with Crippen LogP contribution < -0.4 is 10.6 Å². The van der Waals surface area contributed by atoms with Crippen molar-refractivity contribution in [1.82, 2.24) is 20.2 Å². The number of amides is 2. The van der Waals surface area contributed by atoms with Crippen molar-refractivity contribution in [2.45, 2.75) is 83.4 Å². The lowest BCUT2D eigenvalue weighted by Crippen LogP contribution is -2.38. The number of nitrogens with one attached hydrogen (secondary N) is 2. The molecule has 1 unspecified atom stereocenters. The number of aliphatic hydroxyl groups is 1. The molecule has 1 saturated heterocycles. The topological polar surface area (TPSA) is 131 Å². The maximum atomic E-state index is 13.6. The van der Waals surface area contributed by atoms with Crippen LogP contribution >= 0.6 is 11.3 Å². The van der Waals surface area contributed by atoms with Gasteiger partial charge in [-0.05, 0) is 46.5 Å². The number of nitrogens with zero attached hydrogens (tertiary/aromatic N) is 4. The normalized spacial score (nSPS) is 18.6. The van der Waals surface area contributed by atoms with E-state index in [0.29, 0.717) is 28.2 Å². The molecule has 3 heterocycles. The van der Waals surface area contributed by atoms with Crippen LogP contribution in [0.25, 0.3) is 10.4 Å². The van der Waals surface area contributed by atoms with Crippen molar-refractivity contribution in [3.63, 3.8) is 0 Å². The zero-order valence-electron chi connectivity index (χ0n) is 21.1. The second kappa shape index (κ2) is 10.9. The standard InChI is InChI=1S/C26H34N6O3S/c1-16-8-7-11-32(16)25(34)21-22(36-24(31-21)23(33)29-15-26(2,3)35)19-13-28-14-20(18(19)12-27)30-17-9-5-4-6-10-17/h13-14,16-17,30,35H,4-11,15H2,1-3H3,(H,29,33). The number of pyridine rings is 1. The lowest BCUT2D eigenvalue weighted by atomic mass is 9.95. The number of anilines is 1. The number of carbonyl (C=O) groups is 2. The Balaban J connectivity index is 1.74. The van der Waals surface area contributed by atoms with E-state index >= 15 is 0 Å². The van der Waals surface area contributed by atoms with Crippen molar-refractivity contribution < 1.29 is 14.7 Å². The number of thiazole rings is 1. The molecule has 2 amide bonds. The second-order valence-electron chi connectivity index (χ2n) is 10.4. The van der Waals surface area contributed by atoms with Crippen molar-refractivity contribution in [1.29, 1.82) is 5.26 Å². The third kappa shape index (κ3) is 5.85. The number of rotatable bonds is 7. The maximum Gasteiger partial charge on any atom is 0.280 e. The molecular weight excluding hydrogens is 476 g/mol. The van der Waals surface area contributed by atoms with E-state index in [1.54, 1.807) is 31.1 Å². The van der Waals surface area contributed by atoms with Gasteiger partial charge >= 0.3 is 0 Å². The summed E-state index contributed by atoms with van der Waals surface area (Å²) < 4.78 is 0. The van der Waals surface area contributed by atoms with Gasteiger partial charge in [-0.25, -0.2) is 4.98 Å². The summed E-state index contributed by atoms with van der Waals surface area (Å²) in [7, 11) is 0. The van der Waals surface area contributed by atoms with Crippen molar-refractivity contribution in [2.24, 2.45) is 0 Å². The van der Waals surface area contributed by atoms with Gasteiger partial charge in [0.05, 0.1) is 27.9 Å². The van der Waals surface area contributed by atoms with Gasteiger partial charge in [-0.15, -0.1) is 11.3 Å². The Labute approximate surface area is 215 Å². The summed E-state index contributed by atoms with van der Waals surface area (Å²) in [4.78, 5) is 37.6. The molecule has 2 fully saturated rings. The molecule has 2 aliphatic rings. The highest BCUT2D eigenvalue weighted by Gasteiger charge is 2.32. The molecule has 1 aliphatic carbocycles. The Kier molecular flexibility index (Phi) is 7.91. The van der Waals surface area contributed by atoms with Gasteiger partial charge in [0.25, 0.3) is 11.8 Å². The summed E-state index contributed by atoms with van der Waals surface area (Å²) in [6.45, 7) is 5.87. The average molecular weight is 511 g/mol. The van der Waals surface area contributed by atoms with Crippen LogP contribution in [0, 0.1) is 11.3 Å². The lowest BCUT2D eigenvalue weighted by Gasteiger charge is -2.24. The number of likely N-dealkylation sites (tertiary alicyclic amines) is 1. The smallest absolute Gasteiger partial charge is 0.280 e. The molecule has 36 heavy (non-hydrogen) atoms. The van der Waals surface area contributed by atoms with Crippen LogP contribution in [-0.4, -0.2) is 62.6 Å². The molecule has 1 aliphatic heterocycles. The van der Waals surface area contributed by atoms with E-state index in [1.165, 1.54) is 6.42 Å². The summed E-state index contributed by atoms with van der Waals surface area (Å²) in [5, 5.41) is 26.4. The molecule has 0 radical (unpaired) electrons. The van der Waals surface area contributed by atoms with Gasteiger partial charge in [-0.1, -0.05) is 19.3 Å². The third-order valence-corrected chi connectivity index (χ3v) is 7.87. The minimum atomic E-state index is -1.09. The molecule has 0 spiro atoms. The summed E-state index contributed by atoms with van der Waals surface area (Å²) in [5.41, 5.74) is 0.599. The van der Waals surface area contributed by atoms with Crippen LogP contribution in [0.4, 0.5) is 5.69 Å². The van der Waals surface area contributed by atoms with E-state index in [2.05, 4.69) is 26.7 Å². The van der Waals surface area contributed by atoms with Crippen LogP contribution in [0.15, 0.2) is 12.4 Å². The molecule has 9 nitrogen and oxygen atoms in total. The Morgan fingerprint density at radius 2 is 1.97 bits per heavy atom. The Bertz CT molecular complexity index is 1160. The first kappa shape index (κ1) is 26.0. The van der Waals surface area contributed by atoms with E-state index in [-0.39, 0.29) is 35.2 Å². The molecule has 192 valence electrons. The number of carbonyl (C=O) groups excluding carboxylic acids is 2. The average Bonchev–Trinajstić information content (AvgIpc) is 3.49. The highest BCUT2D eigenvalue weighted by molar-refractivity contribution is 7.17. The highest BCUT2D eigenvalue weighted by Crippen LogP contribution is 2.37. The number of aromatic nitrogens is 2. The summed E-state index contributed by atoms with van der Waals surface area (Å²) in [5.74, 6) is -0.720. The van der Waals surface area contributed by atoms with Crippen LogP contribution in [0.1, 0.15) is 91.6 Å². The fraction of sp³-hybridized carbons (Fsp3) is 0.577. The monoisotopic (exact) mass is 510 g/mol. The molecule has 1 atom stereocenters. The van der Waals surface area contributed by atoms with Gasteiger partial charge in [0, 0.05) is 36.9 Å². The van der Waals surface area contributed by atoms with E-state index in [0.717, 1.165) is 49.9 Å². The van der Waals surface area contributed by atoms with Gasteiger partial charge in [0.2, 0.25) is 0 Å². The Morgan fingerprint density at radius 1 is 1.22 bits per heavy atom. The highest BCUT2D eigenvalue weighted by atomic mass is 32.1. The first-order valence-electron chi connectivity index (χ1n) is 12.7. The predicted molar refractivity (Wildman–Crippen MR) is 139 cm³/mol. The third-order valence-electron chi connectivity index (χ3n) is 6.79. The van der Waals surface area contributed by atoms with E-state index in [1.807, 2.05) is 6.92 Å². The summed E-state index contributed by atoms with van der Waals surface area (Å²) in [6.07, 6.45) is 10.7. The quantitative estimate of drug-likeness (QED) is 0.514. The molecular formula is C26H34N6O3S. The van der Waals surface area contributed by atoms with Crippen LogP contribution in [-0.2, 0) is 0 Å². The molecule has 1 saturated carbocycles. The molecule has 4 rings (SSSR count). The molecule has 3 N–H and O–H groups in total. The Hall–Kier alpha value is -3.03. The number of hydrogen-bond donors (Lipinski definition) is 3. The van der Waals surface area contributed by atoms with E-state index < -0.39 is 11.5 Å². The van der Waals surface area contributed by atoms with Gasteiger partial charge in [0.15, 0.2) is 5.01 Å². The maximum absolute atomic E-state index is 13.6. The van der Waals surface area contributed by atoms with Crippen molar-refractivity contribution in [2.75, 3.05) is 18.4 Å². The fourth-order valence-corrected chi connectivity index (χ4v) is 5.81. The van der Waals surface area contributed by atoms with Crippen LogP contribution in [0.2, 0.25) is 0 Å². The van der Waals surface area contributed by atoms with E-state index in [9.17, 15) is 20.0 Å². The molecule has 0 aromatic carbocycles. The molecule has 10 heteroatoms. The first-order valence-corrected chi connectivity index (χ1v) is 13.5. The minimum Gasteiger partial charge on any atom is -0.389 e.